The first-order valence-corrected chi connectivity index (χ1v) is 6.17. The smallest absolute Gasteiger partial charge is 0.254 e. The van der Waals surface area contributed by atoms with Crippen molar-refractivity contribution >= 4 is 5.91 Å². The number of amides is 1. The molecule has 0 saturated carbocycles. The first kappa shape index (κ1) is 13.4. The number of furan rings is 1. The topological polar surface area (TPSA) is 42.7 Å². The fraction of sp³-hybridized carbons (Fsp3) is 0.267. The van der Waals surface area contributed by atoms with Crippen LogP contribution in [0.2, 0.25) is 0 Å². The van der Waals surface area contributed by atoms with Gasteiger partial charge in [0.05, 0.1) is 19.4 Å². The van der Waals surface area contributed by atoms with Gasteiger partial charge in [-0.1, -0.05) is 18.2 Å². The summed E-state index contributed by atoms with van der Waals surface area (Å²) < 4.78 is 10.3. The summed E-state index contributed by atoms with van der Waals surface area (Å²) in [7, 11) is 1.62. The first-order chi connectivity index (χ1) is 9.31. The van der Waals surface area contributed by atoms with Gasteiger partial charge in [-0.2, -0.15) is 0 Å². The second kappa shape index (κ2) is 6.75. The number of carbonyl (C=O) groups excluding carboxylic acids is 1. The van der Waals surface area contributed by atoms with Gasteiger partial charge in [-0.15, -0.1) is 0 Å². The summed E-state index contributed by atoms with van der Waals surface area (Å²) in [6.07, 6.45) is 1.61. The van der Waals surface area contributed by atoms with Gasteiger partial charge >= 0.3 is 0 Å². The highest BCUT2D eigenvalue weighted by molar-refractivity contribution is 5.94. The molecule has 0 N–H and O–H groups in total. The monoisotopic (exact) mass is 259 g/mol. The highest BCUT2D eigenvalue weighted by Gasteiger charge is 2.16. The lowest BCUT2D eigenvalue weighted by Gasteiger charge is -2.21. The Labute approximate surface area is 112 Å². The minimum Gasteiger partial charge on any atom is -0.467 e. The zero-order chi connectivity index (χ0) is 13.5. The van der Waals surface area contributed by atoms with Crippen molar-refractivity contribution in [3.63, 3.8) is 0 Å². The van der Waals surface area contributed by atoms with Crippen LogP contribution in [-0.4, -0.2) is 31.1 Å². The zero-order valence-electron chi connectivity index (χ0n) is 10.9. The predicted molar refractivity (Wildman–Crippen MR) is 71.8 cm³/mol. The van der Waals surface area contributed by atoms with E-state index in [1.54, 1.807) is 18.3 Å². The summed E-state index contributed by atoms with van der Waals surface area (Å²) in [6.45, 7) is 1.48. The van der Waals surface area contributed by atoms with Crippen molar-refractivity contribution in [1.82, 2.24) is 4.90 Å². The standard InChI is InChI=1S/C15H17NO3/c1-18-11-9-16(12-14-8-5-10-19-14)15(17)13-6-3-2-4-7-13/h2-8,10H,9,11-12H2,1H3. The Hall–Kier alpha value is -2.07. The number of nitrogens with zero attached hydrogens (tertiary/aromatic N) is 1. The molecule has 1 heterocycles. The van der Waals surface area contributed by atoms with E-state index in [0.29, 0.717) is 25.3 Å². The molecule has 100 valence electrons. The molecule has 4 nitrogen and oxygen atoms in total. The molecule has 0 fully saturated rings. The van der Waals surface area contributed by atoms with Crippen molar-refractivity contribution in [3.05, 3.63) is 60.1 Å². The molecule has 4 heteroatoms. The van der Waals surface area contributed by atoms with E-state index in [1.165, 1.54) is 0 Å². The maximum absolute atomic E-state index is 12.4. The molecule has 2 rings (SSSR count). The Kier molecular flexibility index (Phi) is 4.75. The molecule has 0 unspecified atom stereocenters. The van der Waals surface area contributed by atoms with Crippen LogP contribution in [0.4, 0.5) is 0 Å². The fourth-order valence-electron chi connectivity index (χ4n) is 1.81. The first-order valence-electron chi connectivity index (χ1n) is 6.17. The number of hydrogen-bond acceptors (Lipinski definition) is 3. The number of rotatable bonds is 6. The molecule has 1 amide bonds. The third-order valence-electron chi connectivity index (χ3n) is 2.80. The van der Waals surface area contributed by atoms with Gasteiger partial charge in [0.15, 0.2) is 0 Å². The van der Waals surface area contributed by atoms with E-state index in [1.807, 2.05) is 42.5 Å². The molecule has 0 aliphatic heterocycles. The van der Waals surface area contributed by atoms with E-state index in [9.17, 15) is 4.79 Å². The van der Waals surface area contributed by atoms with Crippen LogP contribution in [0.5, 0.6) is 0 Å². The normalized spacial score (nSPS) is 10.4. The van der Waals surface area contributed by atoms with Crippen molar-refractivity contribution in [2.45, 2.75) is 6.54 Å². The van der Waals surface area contributed by atoms with Crippen LogP contribution in [-0.2, 0) is 11.3 Å². The molecule has 2 aromatic rings. The van der Waals surface area contributed by atoms with Gasteiger partial charge < -0.3 is 14.1 Å². The highest BCUT2D eigenvalue weighted by Crippen LogP contribution is 2.10. The Morgan fingerprint density at radius 3 is 2.63 bits per heavy atom. The lowest BCUT2D eigenvalue weighted by atomic mass is 10.2. The number of methoxy groups -OCH3 is 1. The van der Waals surface area contributed by atoms with Gasteiger partial charge in [-0.3, -0.25) is 4.79 Å². The van der Waals surface area contributed by atoms with Gasteiger partial charge in [0.2, 0.25) is 0 Å². The molecule has 0 radical (unpaired) electrons. The molecule has 0 aliphatic rings. The lowest BCUT2D eigenvalue weighted by molar-refractivity contribution is 0.0666. The van der Waals surface area contributed by atoms with Crippen molar-refractivity contribution in [3.8, 4) is 0 Å². The summed E-state index contributed by atoms with van der Waals surface area (Å²) in [5.74, 6) is 0.745. The molecule has 0 atom stereocenters. The van der Waals surface area contributed by atoms with Crippen LogP contribution in [0, 0.1) is 0 Å². The second-order valence-corrected chi connectivity index (χ2v) is 4.16. The largest absolute Gasteiger partial charge is 0.467 e. The zero-order valence-corrected chi connectivity index (χ0v) is 10.9. The molecular formula is C15H17NO3. The predicted octanol–water partition coefficient (Wildman–Crippen LogP) is 2.57. The lowest BCUT2D eigenvalue weighted by Crippen LogP contribution is -2.33. The van der Waals surface area contributed by atoms with Gasteiger partial charge in [0.25, 0.3) is 5.91 Å². The van der Waals surface area contributed by atoms with Crippen LogP contribution >= 0.6 is 0 Å². The maximum atomic E-state index is 12.4. The molecular weight excluding hydrogens is 242 g/mol. The number of carbonyl (C=O) groups is 1. The van der Waals surface area contributed by atoms with Crippen LogP contribution in [0.15, 0.2) is 53.1 Å². The average molecular weight is 259 g/mol. The van der Waals surface area contributed by atoms with E-state index < -0.39 is 0 Å². The third kappa shape index (κ3) is 3.69. The van der Waals surface area contributed by atoms with E-state index in [0.717, 1.165) is 5.76 Å². The van der Waals surface area contributed by atoms with Crippen molar-refractivity contribution < 1.29 is 13.9 Å². The van der Waals surface area contributed by atoms with Crippen LogP contribution < -0.4 is 0 Å². The average Bonchev–Trinajstić information content (AvgIpc) is 2.96. The minimum absolute atomic E-state index is 0.0194. The van der Waals surface area contributed by atoms with Gasteiger partial charge in [-0.25, -0.2) is 0 Å². The molecule has 19 heavy (non-hydrogen) atoms. The Bertz CT molecular complexity index is 493. The molecule has 0 aliphatic carbocycles. The van der Waals surface area contributed by atoms with Crippen LogP contribution in [0.3, 0.4) is 0 Å². The van der Waals surface area contributed by atoms with E-state index in [-0.39, 0.29) is 5.91 Å². The van der Waals surface area contributed by atoms with E-state index in [2.05, 4.69) is 0 Å². The van der Waals surface area contributed by atoms with Crippen molar-refractivity contribution in [2.75, 3.05) is 20.3 Å². The Morgan fingerprint density at radius 2 is 2.00 bits per heavy atom. The summed E-state index contributed by atoms with van der Waals surface area (Å²) in [5, 5.41) is 0. The maximum Gasteiger partial charge on any atom is 0.254 e. The molecule has 1 aromatic heterocycles. The number of benzene rings is 1. The SMILES string of the molecule is COCCN(Cc1ccco1)C(=O)c1ccccc1. The van der Waals surface area contributed by atoms with Gasteiger partial charge in [0.1, 0.15) is 5.76 Å². The molecule has 0 saturated heterocycles. The number of ether oxygens (including phenoxy) is 1. The summed E-state index contributed by atoms with van der Waals surface area (Å²) in [4.78, 5) is 14.1. The summed E-state index contributed by atoms with van der Waals surface area (Å²) in [5.41, 5.74) is 0.671. The minimum atomic E-state index is -0.0194. The molecule has 1 aromatic carbocycles. The Morgan fingerprint density at radius 1 is 1.21 bits per heavy atom. The number of hydrogen-bond donors (Lipinski definition) is 0. The van der Waals surface area contributed by atoms with Crippen molar-refractivity contribution in [2.24, 2.45) is 0 Å². The van der Waals surface area contributed by atoms with E-state index in [4.69, 9.17) is 9.15 Å². The van der Waals surface area contributed by atoms with Gasteiger partial charge in [0, 0.05) is 19.2 Å². The third-order valence-corrected chi connectivity index (χ3v) is 2.80. The fourth-order valence-corrected chi connectivity index (χ4v) is 1.81. The quantitative estimate of drug-likeness (QED) is 0.800. The van der Waals surface area contributed by atoms with E-state index >= 15 is 0 Å². The molecule has 0 spiro atoms. The van der Waals surface area contributed by atoms with Crippen LogP contribution in [0.1, 0.15) is 16.1 Å². The van der Waals surface area contributed by atoms with Crippen molar-refractivity contribution in [1.29, 1.82) is 0 Å². The summed E-state index contributed by atoms with van der Waals surface area (Å²) in [6, 6.07) is 12.9. The summed E-state index contributed by atoms with van der Waals surface area (Å²) >= 11 is 0. The highest BCUT2D eigenvalue weighted by atomic mass is 16.5. The Balaban J connectivity index is 2.10. The van der Waals surface area contributed by atoms with Gasteiger partial charge in [-0.05, 0) is 24.3 Å². The molecule has 0 bridgehead atoms. The second-order valence-electron chi connectivity index (χ2n) is 4.16. The van der Waals surface area contributed by atoms with Crippen LogP contribution in [0.25, 0.3) is 0 Å².